The number of hydrogen-bond acceptors (Lipinski definition) is 3. The summed E-state index contributed by atoms with van der Waals surface area (Å²) in [6.45, 7) is 0. The van der Waals surface area contributed by atoms with Crippen molar-refractivity contribution < 1.29 is 4.79 Å². The molecule has 0 spiro atoms. The van der Waals surface area contributed by atoms with Crippen LogP contribution < -0.4 is 10.6 Å². The maximum absolute atomic E-state index is 11.4. The zero-order valence-corrected chi connectivity index (χ0v) is 11.7. The molecule has 0 aromatic carbocycles. The van der Waals surface area contributed by atoms with E-state index >= 15 is 0 Å². The second-order valence-electron chi connectivity index (χ2n) is 5.24. The Morgan fingerprint density at radius 3 is 2.82 bits per heavy atom. The quantitative estimate of drug-likeness (QED) is 0.697. The number of nitrogens with one attached hydrogen (secondary N) is 3. The Morgan fingerprint density at radius 1 is 1.23 bits per heavy atom. The highest BCUT2D eigenvalue weighted by atomic mass is 16.2. The number of amides is 2. The van der Waals surface area contributed by atoms with Gasteiger partial charge in [-0.25, -0.2) is 4.79 Å². The molecule has 1 atom stereocenters. The first-order valence-electron chi connectivity index (χ1n) is 7.06. The zero-order valence-electron chi connectivity index (χ0n) is 11.7. The van der Waals surface area contributed by atoms with Crippen molar-refractivity contribution in [1.82, 2.24) is 25.8 Å². The third-order valence-electron chi connectivity index (χ3n) is 3.61. The molecule has 3 N–H and O–H groups in total. The summed E-state index contributed by atoms with van der Waals surface area (Å²) in [5.41, 5.74) is 4.81. The van der Waals surface area contributed by atoms with Gasteiger partial charge in [0, 0.05) is 23.5 Å². The molecule has 4 rings (SSSR count). The number of pyridine rings is 1. The average molecular weight is 291 g/mol. The first kappa shape index (κ1) is 12.7. The number of H-pyrrole nitrogens is 1. The van der Waals surface area contributed by atoms with Gasteiger partial charge < -0.3 is 10.6 Å². The van der Waals surface area contributed by atoms with Crippen molar-refractivity contribution in [1.29, 1.82) is 0 Å². The fourth-order valence-corrected chi connectivity index (χ4v) is 2.35. The summed E-state index contributed by atoms with van der Waals surface area (Å²) < 4.78 is 0. The molecule has 22 heavy (non-hydrogen) atoms. The molecule has 2 aromatic heterocycles. The average Bonchev–Trinajstić information content (AvgIpc) is 3.09. The van der Waals surface area contributed by atoms with E-state index in [1.165, 1.54) is 5.57 Å². The van der Waals surface area contributed by atoms with E-state index in [0.717, 1.165) is 35.4 Å². The molecule has 6 nitrogen and oxygen atoms in total. The molecular formula is C16H13N5O. The molecule has 1 saturated heterocycles. The predicted molar refractivity (Wildman–Crippen MR) is 80.4 cm³/mol. The molecule has 2 fully saturated rings. The smallest absolute Gasteiger partial charge is 0.319 e. The lowest BCUT2D eigenvalue weighted by Crippen LogP contribution is -2.25. The van der Waals surface area contributed by atoms with E-state index in [9.17, 15) is 4.79 Å². The third kappa shape index (κ3) is 2.44. The minimum absolute atomic E-state index is 0.179. The van der Waals surface area contributed by atoms with Crippen molar-refractivity contribution >= 4 is 6.03 Å². The maximum atomic E-state index is 11.4. The molecule has 2 aromatic rings. The normalized spacial score (nSPS) is 19.3. The van der Waals surface area contributed by atoms with E-state index in [2.05, 4.69) is 37.7 Å². The van der Waals surface area contributed by atoms with Crippen molar-refractivity contribution in [3.8, 4) is 23.1 Å². The van der Waals surface area contributed by atoms with Crippen molar-refractivity contribution in [2.75, 3.05) is 0 Å². The van der Waals surface area contributed by atoms with Gasteiger partial charge in [-0.1, -0.05) is 11.8 Å². The number of carbonyl (C=O) groups excluding carboxylic acids is 1. The lowest BCUT2D eigenvalue weighted by molar-refractivity contribution is 0.248. The Kier molecular flexibility index (Phi) is 2.90. The molecular weight excluding hydrogens is 278 g/mol. The minimum atomic E-state index is -0.237. The number of aromatic nitrogens is 3. The summed E-state index contributed by atoms with van der Waals surface area (Å²) in [5, 5.41) is 12.3. The van der Waals surface area contributed by atoms with Gasteiger partial charge in [-0.15, -0.1) is 0 Å². The van der Waals surface area contributed by atoms with Crippen molar-refractivity contribution in [3.63, 3.8) is 0 Å². The Labute approximate surface area is 127 Å². The van der Waals surface area contributed by atoms with Gasteiger partial charge in [-0.2, -0.15) is 5.10 Å². The summed E-state index contributed by atoms with van der Waals surface area (Å²) in [6.07, 6.45) is 7.35. The van der Waals surface area contributed by atoms with Crippen LogP contribution in [0.5, 0.6) is 0 Å². The van der Waals surface area contributed by atoms with Crippen LogP contribution in [0.1, 0.15) is 18.4 Å². The molecule has 108 valence electrons. The fourth-order valence-electron chi connectivity index (χ4n) is 2.35. The summed E-state index contributed by atoms with van der Waals surface area (Å²) in [4.78, 5) is 15.8. The maximum Gasteiger partial charge on any atom is 0.320 e. The second-order valence-corrected chi connectivity index (χ2v) is 5.24. The Hall–Kier alpha value is -3.07. The number of nitrogens with zero attached hydrogens (tertiary/aromatic N) is 2. The number of hydrogen-bond donors (Lipinski definition) is 3. The minimum Gasteiger partial charge on any atom is -0.319 e. The lowest BCUT2D eigenvalue weighted by Gasteiger charge is -2.01. The first-order valence-corrected chi connectivity index (χ1v) is 7.06. The van der Waals surface area contributed by atoms with Crippen LogP contribution in [0.15, 0.2) is 42.0 Å². The van der Waals surface area contributed by atoms with Gasteiger partial charge in [0.05, 0.1) is 17.6 Å². The van der Waals surface area contributed by atoms with Crippen molar-refractivity contribution in [3.05, 3.63) is 47.6 Å². The van der Waals surface area contributed by atoms with Gasteiger partial charge in [-0.3, -0.25) is 10.1 Å². The van der Waals surface area contributed by atoms with E-state index in [1.807, 2.05) is 12.1 Å². The molecule has 0 radical (unpaired) electrons. The number of carbonyl (C=O) groups is 1. The van der Waals surface area contributed by atoms with Crippen LogP contribution in [0.25, 0.3) is 11.3 Å². The third-order valence-corrected chi connectivity index (χ3v) is 3.61. The van der Waals surface area contributed by atoms with Crippen LogP contribution in [0, 0.1) is 11.8 Å². The summed E-state index contributed by atoms with van der Waals surface area (Å²) in [7, 11) is 0. The van der Waals surface area contributed by atoms with Crippen LogP contribution in [0.4, 0.5) is 4.79 Å². The topological polar surface area (TPSA) is 82.7 Å². The number of rotatable bonds is 1. The summed E-state index contributed by atoms with van der Waals surface area (Å²) >= 11 is 0. The molecule has 3 heterocycles. The Bertz CT molecular complexity index is 802. The van der Waals surface area contributed by atoms with E-state index in [0.29, 0.717) is 0 Å². The molecule has 1 aliphatic heterocycles. The van der Waals surface area contributed by atoms with Gasteiger partial charge in [0.25, 0.3) is 0 Å². The van der Waals surface area contributed by atoms with Gasteiger partial charge in [-0.05, 0) is 30.5 Å². The molecule has 0 bridgehead atoms. The van der Waals surface area contributed by atoms with Gasteiger partial charge >= 0.3 is 6.03 Å². The monoisotopic (exact) mass is 291 g/mol. The van der Waals surface area contributed by atoms with E-state index < -0.39 is 0 Å². The van der Waals surface area contributed by atoms with Crippen LogP contribution in [-0.2, 0) is 0 Å². The van der Waals surface area contributed by atoms with E-state index in [4.69, 9.17) is 0 Å². The lowest BCUT2D eigenvalue weighted by atomic mass is 10.1. The van der Waals surface area contributed by atoms with Crippen LogP contribution in [-0.4, -0.2) is 27.3 Å². The highest BCUT2D eigenvalue weighted by molar-refractivity contribution is 5.82. The SMILES string of the molecule is O=C1NC(=C2CC2)C(C#Cc2ccc(-c3cn[nH]c3)nc2)N1. The number of aromatic amines is 1. The second kappa shape index (κ2) is 5.04. The standard InChI is InChI=1S/C16H13N5O/c22-16-20-14(15(21-16)11-3-4-11)6-2-10-1-5-13(17-7-10)12-8-18-19-9-12/h1,5,7-9,14H,3-4H2,(H,18,19)(H2,20,21,22). The molecule has 6 heteroatoms. The number of allylic oxidation sites excluding steroid dienone is 1. The summed E-state index contributed by atoms with van der Waals surface area (Å²) in [5.74, 6) is 6.16. The first-order chi connectivity index (χ1) is 10.8. The highest BCUT2D eigenvalue weighted by Crippen LogP contribution is 2.32. The predicted octanol–water partition coefficient (Wildman–Crippen LogP) is 1.55. The molecule has 1 unspecified atom stereocenters. The van der Waals surface area contributed by atoms with Gasteiger partial charge in [0.1, 0.15) is 6.04 Å². The Balaban J connectivity index is 1.55. The van der Waals surface area contributed by atoms with Gasteiger partial charge in [0.2, 0.25) is 0 Å². The molecule has 2 aliphatic rings. The van der Waals surface area contributed by atoms with E-state index in [1.54, 1.807) is 18.6 Å². The van der Waals surface area contributed by atoms with Crippen LogP contribution in [0.2, 0.25) is 0 Å². The largest absolute Gasteiger partial charge is 0.320 e. The fraction of sp³-hybridized carbons (Fsp3) is 0.188. The van der Waals surface area contributed by atoms with Gasteiger partial charge in [0.15, 0.2) is 0 Å². The van der Waals surface area contributed by atoms with Crippen molar-refractivity contribution in [2.45, 2.75) is 18.9 Å². The van der Waals surface area contributed by atoms with Crippen LogP contribution >= 0.6 is 0 Å². The van der Waals surface area contributed by atoms with E-state index in [-0.39, 0.29) is 12.1 Å². The summed E-state index contributed by atoms with van der Waals surface area (Å²) in [6, 6.07) is 3.40. The molecule has 1 saturated carbocycles. The highest BCUT2D eigenvalue weighted by Gasteiger charge is 2.30. The molecule has 2 amide bonds. The van der Waals surface area contributed by atoms with Crippen LogP contribution in [0.3, 0.4) is 0 Å². The van der Waals surface area contributed by atoms with Crippen molar-refractivity contribution in [2.24, 2.45) is 0 Å². The Morgan fingerprint density at radius 2 is 2.14 bits per heavy atom. The molecule has 1 aliphatic carbocycles. The zero-order chi connectivity index (χ0) is 14.9. The number of urea groups is 1.